The number of fused-ring (bicyclic) bond motifs is 1. The number of benzene rings is 1. The summed E-state index contributed by atoms with van der Waals surface area (Å²) in [7, 11) is 0. The Morgan fingerprint density at radius 2 is 2.12 bits per heavy atom. The molecule has 0 aliphatic carbocycles. The fraction of sp³-hybridized carbons (Fsp3) is 0.474. The summed E-state index contributed by atoms with van der Waals surface area (Å²) in [4.78, 5) is 12.7. The third-order valence-electron chi connectivity index (χ3n) is 4.71. The zero-order valence-corrected chi connectivity index (χ0v) is 14.6. The van der Waals surface area contributed by atoms with Crippen LogP contribution in [0.5, 0.6) is 5.75 Å². The molecule has 128 valence electrons. The Morgan fingerprint density at radius 3 is 2.88 bits per heavy atom. The van der Waals surface area contributed by atoms with E-state index in [2.05, 4.69) is 24.3 Å². The van der Waals surface area contributed by atoms with Crippen molar-refractivity contribution >= 4 is 5.91 Å². The predicted octanol–water partition coefficient (Wildman–Crippen LogP) is 3.81. The van der Waals surface area contributed by atoms with E-state index in [4.69, 9.17) is 4.74 Å². The van der Waals surface area contributed by atoms with Crippen LogP contribution < -0.4 is 10.1 Å². The second-order valence-corrected chi connectivity index (χ2v) is 6.29. The van der Waals surface area contributed by atoms with Gasteiger partial charge in [0, 0.05) is 17.7 Å². The molecule has 0 saturated carbocycles. The molecular formula is C19H25N3O2. The van der Waals surface area contributed by atoms with Crippen LogP contribution in [-0.4, -0.2) is 22.3 Å². The lowest BCUT2D eigenvalue weighted by atomic mass is 10.0. The van der Waals surface area contributed by atoms with Crippen molar-refractivity contribution in [2.45, 2.75) is 52.1 Å². The lowest BCUT2D eigenvalue weighted by Crippen LogP contribution is -2.32. The summed E-state index contributed by atoms with van der Waals surface area (Å²) in [5.74, 6) is 0.734. The normalized spacial score (nSPS) is 16.6. The zero-order valence-electron chi connectivity index (χ0n) is 14.6. The van der Waals surface area contributed by atoms with Crippen molar-refractivity contribution in [3.05, 3.63) is 47.3 Å². The fourth-order valence-corrected chi connectivity index (χ4v) is 3.33. The van der Waals surface area contributed by atoms with E-state index < -0.39 is 0 Å². The van der Waals surface area contributed by atoms with Crippen LogP contribution in [0.2, 0.25) is 0 Å². The number of hydrogen-bond acceptors (Lipinski definition) is 3. The van der Waals surface area contributed by atoms with E-state index in [1.807, 2.05) is 41.9 Å². The summed E-state index contributed by atoms with van der Waals surface area (Å²) in [5, 5.41) is 7.66. The minimum atomic E-state index is -0.121. The first-order valence-electron chi connectivity index (χ1n) is 8.72. The number of carbonyl (C=O) groups is 1. The maximum Gasteiger partial charge on any atom is 0.272 e. The number of ether oxygens (including phenoxy) is 1. The van der Waals surface area contributed by atoms with Gasteiger partial charge in [-0.2, -0.15) is 5.10 Å². The van der Waals surface area contributed by atoms with Gasteiger partial charge in [0.15, 0.2) is 0 Å². The predicted molar refractivity (Wildman–Crippen MR) is 93.3 cm³/mol. The van der Waals surface area contributed by atoms with E-state index in [0.717, 1.165) is 36.3 Å². The number of rotatable bonds is 5. The SMILES string of the molecule is CCC(CC)n1nc(C(=O)NC2CCOc3ccccc32)cc1C. The van der Waals surface area contributed by atoms with Gasteiger partial charge in [-0.15, -0.1) is 0 Å². The summed E-state index contributed by atoms with van der Waals surface area (Å²) >= 11 is 0. The summed E-state index contributed by atoms with van der Waals surface area (Å²) in [6.45, 7) is 6.91. The molecule has 0 saturated heterocycles. The van der Waals surface area contributed by atoms with Crippen LogP contribution in [0.15, 0.2) is 30.3 Å². The number of aromatic nitrogens is 2. The van der Waals surface area contributed by atoms with Gasteiger partial charge in [0.25, 0.3) is 5.91 Å². The molecule has 0 bridgehead atoms. The van der Waals surface area contributed by atoms with Crippen molar-refractivity contribution in [3.8, 4) is 5.75 Å². The van der Waals surface area contributed by atoms with Crippen molar-refractivity contribution in [1.29, 1.82) is 0 Å². The zero-order chi connectivity index (χ0) is 17.1. The molecule has 3 rings (SSSR count). The average molecular weight is 327 g/mol. The Hall–Kier alpha value is -2.30. The number of nitrogens with one attached hydrogen (secondary N) is 1. The largest absolute Gasteiger partial charge is 0.493 e. The quantitative estimate of drug-likeness (QED) is 0.908. The first-order chi connectivity index (χ1) is 11.6. The number of amides is 1. The molecule has 24 heavy (non-hydrogen) atoms. The highest BCUT2D eigenvalue weighted by molar-refractivity contribution is 5.92. The highest BCUT2D eigenvalue weighted by atomic mass is 16.5. The molecule has 2 heterocycles. The molecule has 0 fully saturated rings. The molecule has 0 spiro atoms. The summed E-state index contributed by atoms with van der Waals surface area (Å²) < 4.78 is 7.63. The van der Waals surface area contributed by atoms with Crippen LogP contribution in [0.25, 0.3) is 0 Å². The monoisotopic (exact) mass is 327 g/mol. The number of aryl methyl sites for hydroxylation is 1. The van der Waals surface area contributed by atoms with Crippen molar-refractivity contribution in [1.82, 2.24) is 15.1 Å². The molecule has 1 atom stereocenters. The van der Waals surface area contributed by atoms with E-state index in [1.54, 1.807) is 0 Å². The molecule has 1 amide bonds. The molecule has 2 aromatic rings. The van der Waals surface area contributed by atoms with E-state index in [1.165, 1.54) is 0 Å². The topological polar surface area (TPSA) is 56.2 Å². The van der Waals surface area contributed by atoms with E-state index >= 15 is 0 Å². The fourth-order valence-electron chi connectivity index (χ4n) is 3.33. The average Bonchev–Trinajstić information content (AvgIpc) is 2.98. The maximum absolute atomic E-state index is 12.7. The van der Waals surface area contributed by atoms with Gasteiger partial charge in [0.2, 0.25) is 0 Å². The Bertz CT molecular complexity index is 719. The van der Waals surface area contributed by atoms with Crippen LogP contribution in [0.1, 0.15) is 66.9 Å². The number of carbonyl (C=O) groups excluding carboxylic acids is 1. The van der Waals surface area contributed by atoms with Gasteiger partial charge in [-0.05, 0) is 31.9 Å². The molecule has 1 aromatic carbocycles. The van der Waals surface area contributed by atoms with Crippen LogP contribution in [-0.2, 0) is 0 Å². The standard InChI is InChI=1S/C19H25N3O2/c1-4-14(5-2)22-13(3)12-17(21-22)19(23)20-16-10-11-24-18-9-7-6-8-15(16)18/h6-9,12,14,16H,4-5,10-11H2,1-3H3,(H,20,23). The van der Waals surface area contributed by atoms with E-state index in [-0.39, 0.29) is 11.9 Å². The number of nitrogens with zero attached hydrogens (tertiary/aromatic N) is 2. The van der Waals surface area contributed by atoms with Crippen LogP contribution in [0.3, 0.4) is 0 Å². The molecule has 1 aliphatic rings. The smallest absolute Gasteiger partial charge is 0.272 e. The maximum atomic E-state index is 12.7. The number of para-hydroxylation sites is 1. The first kappa shape index (κ1) is 16.6. The Kier molecular flexibility index (Phi) is 4.88. The van der Waals surface area contributed by atoms with Crippen LogP contribution in [0.4, 0.5) is 0 Å². The second kappa shape index (κ2) is 7.07. The minimum Gasteiger partial charge on any atom is -0.493 e. The molecule has 1 aromatic heterocycles. The van der Waals surface area contributed by atoms with Crippen molar-refractivity contribution < 1.29 is 9.53 Å². The first-order valence-corrected chi connectivity index (χ1v) is 8.72. The molecule has 0 radical (unpaired) electrons. The third kappa shape index (κ3) is 3.16. The Labute approximate surface area is 143 Å². The number of hydrogen-bond donors (Lipinski definition) is 1. The van der Waals surface area contributed by atoms with Gasteiger partial charge in [0.1, 0.15) is 11.4 Å². The Balaban J connectivity index is 1.78. The summed E-state index contributed by atoms with van der Waals surface area (Å²) in [5.41, 5.74) is 2.55. The lowest BCUT2D eigenvalue weighted by molar-refractivity contribution is 0.0918. The van der Waals surface area contributed by atoms with Crippen molar-refractivity contribution in [2.75, 3.05) is 6.61 Å². The van der Waals surface area contributed by atoms with Gasteiger partial charge in [-0.3, -0.25) is 9.48 Å². The molecule has 1 N–H and O–H groups in total. The van der Waals surface area contributed by atoms with E-state index in [9.17, 15) is 4.79 Å². The molecule has 5 nitrogen and oxygen atoms in total. The van der Waals surface area contributed by atoms with Gasteiger partial charge in [0.05, 0.1) is 18.7 Å². The molecular weight excluding hydrogens is 302 g/mol. The Morgan fingerprint density at radius 1 is 1.38 bits per heavy atom. The molecule has 5 heteroatoms. The molecule has 1 aliphatic heterocycles. The highest BCUT2D eigenvalue weighted by Crippen LogP contribution is 2.31. The van der Waals surface area contributed by atoms with Gasteiger partial charge < -0.3 is 10.1 Å². The van der Waals surface area contributed by atoms with Crippen molar-refractivity contribution in [2.24, 2.45) is 0 Å². The minimum absolute atomic E-state index is 0.0268. The summed E-state index contributed by atoms with van der Waals surface area (Å²) in [6, 6.07) is 10.1. The highest BCUT2D eigenvalue weighted by Gasteiger charge is 2.24. The lowest BCUT2D eigenvalue weighted by Gasteiger charge is -2.26. The van der Waals surface area contributed by atoms with Gasteiger partial charge in [-0.25, -0.2) is 0 Å². The van der Waals surface area contributed by atoms with E-state index in [0.29, 0.717) is 18.3 Å². The van der Waals surface area contributed by atoms with Gasteiger partial charge >= 0.3 is 0 Å². The second-order valence-electron chi connectivity index (χ2n) is 6.29. The van der Waals surface area contributed by atoms with Crippen molar-refractivity contribution in [3.63, 3.8) is 0 Å². The summed E-state index contributed by atoms with van der Waals surface area (Å²) in [6.07, 6.45) is 2.79. The molecule has 1 unspecified atom stereocenters. The van der Waals surface area contributed by atoms with Crippen LogP contribution >= 0.6 is 0 Å². The van der Waals surface area contributed by atoms with Crippen LogP contribution in [0, 0.1) is 6.92 Å². The van der Waals surface area contributed by atoms with Gasteiger partial charge in [-0.1, -0.05) is 32.0 Å². The third-order valence-corrected chi connectivity index (χ3v) is 4.71.